The van der Waals surface area contributed by atoms with Gasteiger partial charge in [-0.05, 0) is 36.7 Å². The number of nitrogens with one attached hydrogen (secondary N) is 1. The number of hydrogen-bond donors (Lipinski definition) is 1. The van der Waals surface area contributed by atoms with E-state index in [0.29, 0.717) is 24.2 Å². The largest absolute Gasteiger partial charge is 0.352 e. The van der Waals surface area contributed by atoms with Gasteiger partial charge in [-0.3, -0.25) is 4.79 Å². The quantitative estimate of drug-likeness (QED) is 0.922. The molecule has 4 rings (SSSR count). The molecule has 5 nitrogen and oxygen atoms in total. The number of amides is 1. The number of benzene rings is 1. The van der Waals surface area contributed by atoms with Crippen LogP contribution in [0.25, 0.3) is 0 Å². The minimum atomic E-state index is -0.0749. The van der Waals surface area contributed by atoms with Crippen LogP contribution in [-0.4, -0.2) is 16.0 Å². The van der Waals surface area contributed by atoms with E-state index in [1.807, 2.05) is 30.3 Å². The van der Waals surface area contributed by atoms with Crippen LogP contribution in [0.4, 0.5) is 0 Å². The van der Waals surface area contributed by atoms with E-state index in [1.165, 1.54) is 25.7 Å². The van der Waals surface area contributed by atoms with Gasteiger partial charge < -0.3 is 9.84 Å². The van der Waals surface area contributed by atoms with Crippen LogP contribution in [0.15, 0.2) is 34.9 Å². The van der Waals surface area contributed by atoms with Crippen molar-refractivity contribution in [1.82, 2.24) is 15.5 Å². The monoisotopic (exact) mass is 311 g/mol. The number of aromatic nitrogens is 2. The summed E-state index contributed by atoms with van der Waals surface area (Å²) < 4.78 is 5.42. The van der Waals surface area contributed by atoms with Crippen molar-refractivity contribution in [1.29, 1.82) is 0 Å². The number of carbonyl (C=O) groups is 1. The first-order valence-electron chi connectivity index (χ1n) is 8.41. The van der Waals surface area contributed by atoms with Gasteiger partial charge in [-0.15, -0.1) is 0 Å². The fraction of sp³-hybridized carbons (Fsp3) is 0.500. The first-order chi connectivity index (χ1) is 11.3. The normalized spacial score (nSPS) is 25.7. The van der Waals surface area contributed by atoms with Crippen molar-refractivity contribution in [3.8, 4) is 0 Å². The van der Waals surface area contributed by atoms with E-state index >= 15 is 0 Å². The van der Waals surface area contributed by atoms with Gasteiger partial charge >= 0.3 is 0 Å². The molecule has 1 aromatic heterocycles. The Hall–Kier alpha value is -2.17. The van der Waals surface area contributed by atoms with Crippen LogP contribution in [0.3, 0.4) is 0 Å². The van der Waals surface area contributed by atoms with E-state index in [4.69, 9.17) is 4.52 Å². The summed E-state index contributed by atoms with van der Waals surface area (Å²) >= 11 is 0. The van der Waals surface area contributed by atoms with E-state index < -0.39 is 0 Å². The second-order valence-electron chi connectivity index (χ2n) is 6.77. The Labute approximate surface area is 135 Å². The summed E-state index contributed by atoms with van der Waals surface area (Å²) in [6.45, 7) is 0.525. The molecule has 5 heteroatoms. The Kier molecular flexibility index (Phi) is 3.85. The lowest BCUT2D eigenvalue weighted by Gasteiger charge is -2.16. The fourth-order valence-electron chi connectivity index (χ4n) is 4.04. The maximum atomic E-state index is 12.0. The summed E-state index contributed by atoms with van der Waals surface area (Å²) in [5, 5.41) is 6.89. The third-order valence-electron chi connectivity index (χ3n) is 5.19. The molecule has 1 N–H and O–H groups in total. The zero-order valence-electron chi connectivity index (χ0n) is 13.1. The van der Waals surface area contributed by atoms with E-state index in [9.17, 15) is 4.79 Å². The second kappa shape index (κ2) is 6.14. The van der Waals surface area contributed by atoms with Gasteiger partial charge in [0, 0.05) is 12.5 Å². The topological polar surface area (TPSA) is 68.0 Å². The third-order valence-corrected chi connectivity index (χ3v) is 5.19. The molecule has 1 amide bonds. The highest BCUT2D eigenvalue weighted by molar-refractivity contribution is 5.77. The van der Waals surface area contributed by atoms with Gasteiger partial charge in [-0.1, -0.05) is 41.9 Å². The van der Waals surface area contributed by atoms with Gasteiger partial charge in [0.15, 0.2) is 5.82 Å². The number of rotatable bonds is 5. The van der Waals surface area contributed by atoms with Gasteiger partial charge in [-0.25, -0.2) is 0 Å². The summed E-state index contributed by atoms with van der Waals surface area (Å²) in [4.78, 5) is 16.5. The van der Waals surface area contributed by atoms with Crippen LogP contribution >= 0.6 is 0 Å². The van der Waals surface area contributed by atoms with Gasteiger partial charge in [0.05, 0.1) is 6.42 Å². The van der Waals surface area contributed by atoms with Crippen molar-refractivity contribution in [2.45, 2.75) is 44.6 Å². The molecular formula is C18H21N3O2. The molecule has 1 heterocycles. The van der Waals surface area contributed by atoms with Crippen LogP contribution in [0.5, 0.6) is 0 Å². The van der Waals surface area contributed by atoms with E-state index in [-0.39, 0.29) is 12.3 Å². The number of carbonyl (C=O) groups excluding carboxylic acids is 1. The van der Waals surface area contributed by atoms with Crippen LogP contribution in [0.2, 0.25) is 0 Å². The molecule has 0 saturated heterocycles. The summed E-state index contributed by atoms with van der Waals surface area (Å²) in [5.74, 6) is 3.13. The lowest BCUT2D eigenvalue weighted by Crippen LogP contribution is -2.25. The van der Waals surface area contributed by atoms with Crippen molar-refractivity contribution in [3.05, 3.63) is 47.6 Å². The number of hydrogen-bond acceptors (Lipinski definition) is 4. The smallest absolute Gasteiger partial charge is 0.230 e. The number of nitrogens with zero attached hydrogens (tertiary/aromatic N) is 2. The van der Waals surface area contributed by atoms with E-state index in [0.717, 1.165) is 17.4 Å². The van der Waals surface area contributed by atoms with Crippen LogP contribution < -0.4 is 5.32 Å². The van der Waals surface area contributed by atoms with Crippen LogP contribution in [-0.2, 0) is 17.8 Å². The molecule has 0 unspecified atom stereocenters. The maximum absolute atomic E-state index is 12.0. The Morgan fingerprint density at radius 1 is 1.22 bits per heavy atom. The van der Waals surface area contributed by atoms with Crippen LogP contribution in [0.1, 0.15) is 48.9 Å². The van der Waals surface area contributed by atoms with Crippen molar-refractivity contribution < 1.29 is 9.32 Å². The number of fused-ring (bicyclic) bond motifs is 2. The zero-order chi connectivity index (χ0) is 15.6. The minimum Gasteiger partial charge on any atom is -0.352 e. The predicted octanol–water partition coefficient (Wildman–Crippen LogP) is 2.83. The molecular weight excluding hydrogens is 290 g/mol. The Morgan fingerprint density at radius 3 is 2.83 bits per heavy atom. The molecule has 2 fully saturated rings. The SMILES string of the molecule is O=C(Cc1noc([C@H]2C[C@H]3CC[C@@H]2C3)n1)NCc1ccccc1. The highest BCUT2D eigenvalue weighted by Gasteiger charge is 2.42. The first kappa shape index (κ1) is 14.4. The van der Waals surface area contributed by atoms with E-state index in [1.54, 1.807) is 0 Å². The van der Waals surface area contributed by atoms with Crippen LogP contribution in [0, 0.1) is 11.8 Å². The molecule has 1 aromatic carbocycles. The summed E-state index contributed by atoms with van der Waals surface area (Å²) in [6.07, 6.45) is 5.29. The van der Waals surface area contributed by atoms with Gasteiger partial charge in [0.2, 0.25) is 11.8 Å². The molecule has 2 saturated carbocycles. The second-order valence-corrected chi connectivity index (χ2v) is 6.77. The van der Waals surface area contributed by atoms with E-state index in [2.05, 4.69) is 15.5 Å². The summed E-state index contributed by atoms with van der Waals surface area (Å²) in [7, 11) is 0. The lowest BCUT2D eigenvalue weighted by molar-refractivity contribution is -0.120. The molecule has 120 valence electrons. The van der Waals surface area contributed by atoms with Crippen molar-refractivity contribution in [2.75, 3.05) is 0 Å². The minimum absolute atomic E-state index is 0.0749. The average molecular weight is 311 g/mol. The summed E-state index contributed by atoms with van der Waals surface area (Å²) in [5.41, 5.74) is 1.08. The average Bonchev–Trinajstić information content (AvgIpc) is 3.30. The molecule has 0 aliphatic heterocycles. The fourth-order valence-corrected chi connectivity index (χ4v) is 4.04. The Bertz CT molecular complexity index is 683. The molecule has 0 radical (unpaired) electrons. The van der Waals surface area contributed by atoms with Gasteiger partial charge in [-0.2, -0.15) is 4.98 Å². The molecule has 23 heavy (non-hydrogen) atoms. The standard InChI is InChI=1S/C18H21N3O2/c22-17(19-11-12-4-2-1-3-5-12)10-16-20-18(23-21-16)15-9-13-6-7-14(15)8-13/h1-5,13-15H,6-11H2,(H,19,22)/t13-,14+,15-/m0/s1. The summed E-state index contributed by atoms with van der Waals surface area (Å²) in [6, 6.07) is 9.86. The third kappa shape index (κ3) is 3.14. The Balaban J connectivity index is 1.32. The Morgan fingerprint density at radius 2 is 2.09 bits per heavy atom. The lowest BCUT2D eigenvalue weighted by atomic mass is 9.89. The van der Waals surface area contributed by atoms with Crippen molar-refractivity contribution in [2.24, 2.45) is 11.8 Å². The van der Waals surface area contributed by atoms with Gasteiger partial charge in [0.1, 0.15) is 0 Å². The van der Waals surface area contributed by atoms with Gasteiger partial charge in [0.25, 0.3) is 0 Å². The molecule has 2 aromatic rings. The highest BCUT2D eigenvalue weighted by Crippen LogP contribution is 2.52. The highest BCUT2D eigenvalue weighted by atomic mass is 16.5. The maximum Gasteiger partial charge on any atom is 0.230 e. The molecule has 2 aliphatic rings. The first-order valence-corrected chi connectivity index (χ1v) is 8.41. The molecule has 0 spiro atoms. The van der Waals surface area contributed by atoms with Crippen molar-refractivity contribution >= 4 is 5.91 Å². The molecule has 2 bridgehead atoms. The molecule has 2 aliphatic carbocycles. The zero-order valence-corrected chi connectivity index (χ0v) is 13.1. The van der Waals surface area contributed by atoms with Crippen molar-refractivity contribution in [3.63, 3.8) is 0 Å². The molecule has 3 atom stereocenters. The predicted molar refractivity (Wildman–Crippen MR) is 84.5 cm³/mol.